The van der Waals surface area contributed by atoms with E-state index in [1.807, 2.05) is 60.7 Å². The maximum Gasteiger partial charge on any atom is 2.00 e. The Morgan fingerprint density at radius 3 is 1.27 bits per heavy atom. The van der Waals surface area contributed by atoms with Gasteiger partial charge in [0.1, 0.15) is 11.6 Å². The summed E-state index contributed by atoms with van der Waals surface area (Å²) in [4.78, 5) is 47.0. The average molecular weight is 630 g/mol. The number of nitrogens with zero attached hydrogens (tertiary/aromatic N) is 6. The molecule has 0 bridgehead atoms. The SMILES string of the molecule is [Co+2].[N-]=C=C(C1=NC(=O)c2ccccc21)c1nc2ccccc2[nH]1.[N-]=C=C(C1=NC(=O)c2ccccc21)c1nc2ccccc2[nH]1. The number of hydrogen-bond acceptors (Lipinski definition) is 4. The average Bonchev–Trinajstić information content (AvgIpc) is 3.83. The molecule has 11 heteroatoms. The molecule has 215 valence electrons. The molecular formula is C34H18CoN8O2. The van der Waals surface area contributed by atoms with Gasteiger partial charge in [0.2, 0.25) is 0 Å². The van der Waals surface area contributed by atoms with Crippen molar-refractivity contribution in [1.82, 2.24) is 19.9 Å². The molecule has 6 aromatic rings. The van der Waals surface area contributed by atoms with Crippen molar-refractivity contribution in [3.63, 3.8) is 0 Å². The maximum atomic E-state index is 12.0. The van der Waals surface area contributed by atoms with Crippen LogP contribution in [0.1, 0.15) is 43.5 Å². The van der Waals surface area contributed by atoms with Crippen molar-refractivity contribution in [2.24, 2.45) is 9.98 Å². The van der Waals surface area contributed by atoms with Crippen molar-refractivity contribution >= 4 is 68.2 Å². The molecule has 2 N–H and O–H groups in total. The summed E-state index contributed by atoms with van der Waals surface area (Å²) in [5.41, 5.74) is 6.88. The summed E-state index contributed by atoms with van der Waals surface area (Å²) in [6, 6.07) is 29.2. The predicted octanol–water partition coefficient (Wildman–Crippen LogP) is 5.65. The van der Waals surface area contributed by atoms with E-state index in [1.54, 1.807) is 36.4 Å². The fourth-order valence-corrected chi connectivity index (χ4v) is 5.16. The van der Waals surface area contributed by atoms with Crippen LogP contribution in [0.4, 0.5) is 0 Å². The van der Waals surface area contributed by atoms with Crippen LogP contribution in [0.3, 0.4) is 0 Å². The van der Waals surface area contributed by atoms with E-state index in [4.69, 9.17) is 0 Å². The molecule has 2 aliphatic rings. The molecule has 1 radical (unpaired) electrons. The number of aromatic amines is 2. The number of para-hydroxylation sites is 4. The third-order valence-corrected chi connectivity index (χ3v) is 7.20. The summed E-state index contributed by atoms with van der Waals surface area (Å²) < 4.78 is 0. The van der Waals surface area contributed by atoms with Gasteiger partial charge in [-0.25, -0.2) is 20.0 Å². The molecule has 4 heterocycles. The van der Waals surface area contributed by atoms with Crippen LogP contribution in [0.2, 0.25) is 0 Å². The number of rotatable bonds is 4. The van der Waals surface area contributed by atoms with E-state index in [2.05, 4.69) is 41.7 Å². The number of H-pyrrole nitrogens is 2. The first kappa shape index (κ1) is 29.0. The minimum absolute atomic E-state index is 0. The Hall–Kier alpha value is -6.09. The number of fused-ring (bicyclic) bond motifs is 4. The Kier molecular flexibility index (Phi) is 7.66. The van der Waals surface area contributed by atoms with E-state index in [9.17, 15) is 20.4 Å². The topological polar surface area (TPSA) is 161 Å². The van der Waals surface area contributed by atoms with E-state index in [-0.39, 0.29) is 39.7 Å². The number of imidazole rings is 2. The zero-order chi connectivity index (χ0) is 30.2. The number of hydrogen-bond donors (Lipinski definition) is 2. The van der Waals surface area contributed by atoms with E-state index >= 15 is 0 Å². The van der Waals surface area contributed by atoms with Gasteiger partial charge in [-0.05, 0) is 36.4 Å². The molecule has 8 rings (SSSR count). The standard InChI is InChI=1S/2C17H9N4O.Co/c2*18-9-12(16-19-13-7-3-4-8-14(13)20-16)15-10-5-1-2-6-11(10)17(22)21-15;/h2*1-8H,(H,19,20);/q2*-1;+2. The summed E-state index contributed by atoms with van der Waals surface area (Å²) in [5, 5.41) is 19.1. The van der Waals surface area contributed by atoms with Crippen molar-refractivity contribution in [2.75, 3.05) is 0 Å². The second-order valence-corrected chi connectivity index (χ2v) is 9.80. The molecule has 0 saturated heterocycles. The van der Waals surface area contributed by atoms with E-state index < -0.39 is 0 Å². The van der Waals surface area contributed by atoms with Gasteiger partial charge >= 0.3 is 16.8 Å². The summed E-state index contributed by atoms with van der Waals surface area (Å²) in [6.07, 6.45) is 0. The molecule has 2 aliphatic heterocycles. The number of aliphatic imine (C=N–C) groups is 2. The van der Waals surface area contributed by atoms with Gasteiger partial charge in [-0.1, -0.05) is 60.7 Å². The summed E-state index contributed by atoms with van der Waals surface area (Å²) >= 11 is 0. The van der Waals surface area contributed by atoms with Gasteiger partial charge in [-0.15, -0.1) is 0 Å². The van der Waals surface area contributed by atoms with Crippen LogP contribution in [0.5, 0.6) is 0 Å². The smallest absolute Gasteiger partial charge is 0.763 e. The fraction of sp³-hybridized carbons (Fsp3) is 0. The minimum Gasteiger partial charge on any atom is -0.763 e. The Labute approximate surface area is 265 Å². The molecule has 45 heavy (non-hydrogen) atoms. The molecule has 0 unspecified atom stereocenters. The number of benzene rings is 4. The number of carbonyl (C=O) groups excluding carboxylic acids is 2. The van der Waals surface area contributed by atoms with Crippen LogP contribution in [-0.2, 0) is 16.8 Å². The van der Waals surface area contributed by atoms with Crippen LogP contribution in [-0.4, -0.2) is 54.9 Å². The Morgan fingerprint density at radius 1 is 0.533 bits per heavy atom. The predicted molar refractivity (Wildman–Crippen MR) is 170 cm³/mol. The Bertz CT molecular complexity index is 2120. The summed E-state index contributed by atoms with van der Waals surface area (Å²) in [6.45, 7) is 0. The molecule has 10 nitrogen and oxygen atoms in total. The monoisotopic (exact) mass is 629 g/mol. The fourth-order valence-electron chi connectivity index (χ4n) is 5.16. The van der Waals surface area contributed by atoms with Crippen molar-refractivity contribution in [3.05, 3.63) is 142 Å². The van der Waals surface area contributed by atoms with Gasteiger partial charge in [0.05, 0.1) is 55.8 Å². The molecule has 0 saturated carbocycles. The van der Waals surface area contributed by atoms with Gasteiger partial charge in [-0.2, -0.15) is 0 Å². The van der Waals surface area contributed by atoms with Crippen molar-refractivity contribution in [3.8, 4) is 0 Å². The van der Waals surface area contributed by atoms with Gasteiger partial charge in [0.25, 0.3) is 11.8 Å². The second-order valence-electron chi connectivity index (χ2n) is 9.80. The number of carbonyl (C=O) groups is 2. The van der Waals surface area contributed by atoms with Crippen LogP contribution < -0.4 is 0 Å². The number of nitrogens with one attached hydrogen (secondary N) is 2. The molecule has 0 spiro atoms. The molecule has 4 aromatic carbocycles. The Balaban J connectivity index is 0.000000155. The first-order valence-electron chi connectivity index (χ1n) is 13.5. The van der Waals surface area contributed by atoms with Crippen LogP contribution in [0.15, 0.2) is 107 Å². The molecule has 0 atom stereocenters. The van der Waals surface area contributed by atoms with Gasteiger partial charge in [0.15, 0.2) is 0 Å². The zero-order valence-corrected chi connectivity index (χ0v) is 24.1. The van der Waals surface area contributed by atoms with E-state index in [0.29, 0.717) is 45.3 Å². The quantitative estimate of drug-likeness (QED) is 0.241. The normalized spacial score (nSPS) is 12.6. The Morgan fingerprint density at radius 2 is 0.889 bits per heavy atom. The molecule has 0 aliphatic carbocycles. The van der Waals surface area contributed by atoms with Gasteiger partial charge < -0.3 is 20.8 Å². The number of aromatic nitrogens is 4. The van der Waals surface area contributed by atoms with Crippen LogP contribution in [0, 0.1) is 0 Å². The van der Waals surface area contributed by atoms with Gasteiger partial charge in [0, 0.05) is 11.1 Å². The molecule has 2 aromatic heterocycles. The van der Waals surface area contributed by atoms with Crippen molar-refractivity contribution < 1.29 is 26.4 Å². The van der Waals surface area contributed by atoms with Crippen LogP contribution >= 0.6 is 0 Å². The largest absolute Gasteiger partial charge is 2.00 e. The minimum atomic E-state index is -0.325. The van der Waals surface area contributed by atoms with E-state index in [1.165, 1.54) is 0 Å². The first-order valence-corrected chi connectivity index (χ1v) is 13.5. The molecule has 2 amide bonds. The summed E-state index contributed by atoms with van der Waals surface area (Å²) in [7, 11) is 0. The first-order chi connectivity index (χ1) is 21.6. The van der Waals surface area contributed by atoms with E-state index in [0.717, 1.165) is 22.1 Å². The molecule has 0 fully saturated rings. The second kappa shape index (κ2) is 11.9. The van der Waals surface area contributed by atoms with Gasteiger partial charge in [-0.3, -0.25) is 21.3 Å². The van der Waals surface area contributed by atoms with Crippen molar-refractivity contribution in [2.45, 2.75) is 0 Å². The molecular weight excluding hydrogens is 611 g/mol. The number of allylic oxidation sites excluding steroid dienone is 2. The third kappa shape index (κ3) is 5.10. The van der Waals surface area contributed by atoms with Crippen LogP contribution in [0.25, 0.3) is 44.0 Å². The van der Waals surface area contributed by atoms with Crippen molar-refractivity contribution in [1.29, 1.82) is 0 Å². The summed E-state index contributed by atoms with van der Waals surface area (Å²) in [5.74, 6) is 4.44. The maximum absolute atomic E-state index is 12.0. The third-order valence-electron chi connectivity index (χ3n) is 7.20. The number of amides is 2. The zero-order valence-electron chi connectivity index (χ0n) is 23.1.